The summed E-state index contributed by atoms with van der Waals surface area (Å²) in [7, 11) is -3.38. The van der Waals surface area contributed by atoms with Crippen molar-refractivity contribution in [1.82, 2.24) is 4.72 Å². The number of hydrogen-bond acceptors (Lipinski definition) is 4. The molecule has 1 aromatic carbocycles. The van der Waals surface area contributed by atoms with E-state index < -0.39 is 10.0 Å². The molecule has 17 heavy (non-hydrogen) atoms. The van der Waals surface area contributed by atoms with Gasteiger partial charge in [0.1, 0.15) is 0 Å². The van der Waals surface area contributed by atoms with E-state index in [2.05, 4.69) is 4.72 Å². The average Bonchev–Trinajstić information content (AvgIpc) is 2.80. The lowest BCUT2D eigenvalue weighted by Gasteiger charge is -2.10. The molecule has 0 bridgehead atoms. The Morgan fingerprint density at radius 2 is 2.06 bits per heavy atom. The van der Waals surface area contributed by atoms with Gasteiger partial charge in [-0.2, -0.15) is 11.8 Å². The lowest BCUT2D eigenvalue weighted by atomic mass is 10.1. The van der Waals surface area contributed by atoms with Gasteiger partial charge >= 0.3 is 0 Å². The highest BCUT2D eigenvalue weighted by Gasteiger charge is 2.19. The van der Waals surface area contributed by atoms with Gasteiger partial charge in [0.25, 0.3) is 0 Å². The molecule has 1 unspecified atom stereocenters. The minimum atomic E-state index is -3.38. The number of hydrogen-bond donors (Lipinski definition) is 2. The molecule has 1 aliphatic rings. The second kappa shape index (κ2) is 5.29. The van der Waals surface area contributed by atoms with E-state index in [4.69, 9.17) is 5.73 Å². The fraction of sp³-hybridized carbons (Fsp3) is 0.455. The maximum Gasteiger partial charge on any atom is 0.240 e. The van der Waals surface area contributed by atoms with Gasteiger partial charge in [-0.1, -0.05) is 0 Å². The summed E-state index contributed by atoms with van der Waals surface area (Å²) in [4.78, 5) is 0.275. The number of benzene rings is 1. The standard InChI is InChI=1S/C11H16N2O2S2/c12-10-1-3-11(4-2-10)17(14,15)13-7-9-5-6-16-8-9/h1-4,9,13H,5-8,12H2. The topological polar surface area (TPSA) is 72.2 Å². The van der Waals surface area contributed by atoms with Gasteiger partial charge in [0.2, 0.25) is 10.0 Å². The van der Waals surface area contributed by atoms with Crippen LogP contribution in [0.25, 0.3) is 0 Å². The van der Waals surface area contributed by atoms with E-state index in [1.165, 1.54) is 12.1 Å². The van der Waals surface area contributed by atoms with Crippen molar-refractivity contribution in [3.05, 3.63) is 24.3 Å². The number of nitrogens with two attached hydrogens (primary N) is 1. The molecule has 0 spiro atoms. The number of anilines is 1. The van der Waals surface area contributed by atoms with Crippen molar-refractivity contribution in [3.8, 4) is 0 Å². The van der Waals surface area contributed by atoms with Crippen LogP contribution in [0.4, 0.5) is 5.69 Å². The molecule has 2 rings (SSSR count). The normalized spacial score (nSPS) is 20.6. The molecule has 0 aromatic heterocycles. The summed E-state index contributed by atoms with van der Waals surface area (Å²) in [5.41, 5.74) is 6.09. The monoisotopic (exact) mass is 272 g/mol. The molecule has 3 N–H and O–H groups in total. The van der Waals surface area contributed by atoms with Crippen molar-refractivity contribution < 1.29 is 8.42 Å². The third-order valence-electron chi connectivity index (χ3n) is 2.78. The maximum absolute atomic E-state index is 11.9. The first-order valence-corrected chi connectivity index (χ1v) is 8.15. The number of thioether (sulfide) groups is 1. The smallest absolute Gasteiger partial charge is 0.240 e. The predicted octanol–water partition coefficient (Wildman–Crippen LogP) is 1.30. The molecule has 0 aliphatic carbocycles. The Hall–Kier alpha value is -0.720. The molecule has 0 amide bonds. The lowest BCUT2D eigenvalue weighted by molar-refractivity contribution is 0.546. The molecule has 0 saturated carbocycles. The van der Waals surface area contributed by atoms with E-state index in [1.54, 1.807) is 12.1 Å². The second-order valence-electron chi connectivity index (χ2n) is 4.15. The van der Waals surface area contributed by atoms with Crippen LogP contribution in [-0.2, 0) is 10.0 Å². The minimum Gasteiger partial charge on any atom is -0.399 e. The zero-order chi connectivity index (χ0) is 12.3. The maximum atomic E-state index is 11.9. The van der Waals surface area contributed by atoms with Gasteiger partial charge in [-0.25, -0.2) is 13.1 Å². The highest BCUT2D eigenvalue weighted by Crippen LogP contribution is 2.23. The highest BCUT2D eigenvalue weighted by molar-refractivity contribution is 7.99. The Morgan fingerprint density at radius 1 is 1.35 bits per heavy atom. The van der Waals surface area contributed by atoms with Crippen molar-refractivity contribution >= 4 is 27.5 Å². The summed E-state index contributed by atoms with van der Waals surface area (Å²) in [5.74, 6) is 2.64. The number of sulfonamides is 1. The Kier molecular flexibility index (Phi) is 3.96. The van der Waals surface area contributed by atoms with Crippen molar-refractivity contribution in [3.63, 3.8) is 0 Å². The van der Waals surface area contributed by atoms with Crippen LogP contribution >= 0.6 is 11.8 Å². The molecule has 4 nitrogen and oxygen atoms in total. The fourth-order valence-electron chi connectivity index (χ4n) is 1.70. The van der Waals surface area contributed by atoms with Gasteiger partial charge in [0, 0.05) is 12.2 Å². The largest absolute Gasteiger partial charge is 0.399 e. The first-order valence-electron chi connectivity index (χ1n) is 5.51. The van der Waals surface area contributed by atoms with E-state index in [0.717, 1.165) is 17.9 Å². The van der Waals surface area contributed by atoms with Crippen LogP contribution in [0.5, 0.6) is 0 Å². The summed E-state index contributed by atoms with van der Waals surface area (Å²) in [6.45, 7) is 0.527. The van der Waals surface area contributed by atoms with Crippen molar-refractivity contribution in [1.29, 1.82) is 0 Å². The van der Waals surface area contributed by atoms with Crippen molar-refractivity contribution in [2.24, 2.45) is 5.92 Å². The van der Waals surface area contributed by atoms with Gasteiger partial charge in [0.05, 0.1) is 4.90 Å². The zero-order valence-electron chi connectivity index (χ0n) is 9.43. The predicted molar refractivity (Wildman–Crippen MR) is 71.5 cm³/mol. The summed E-state index contributed by atoms with van der Waals surface area (Å²) in [5, 5.41) is 0. The van der Waals surface area contributed by atoms with Crippen LogP contribution < -0.4 is 10.5 Å². The third-order valence-corrected chi connectivity index (χ3v) is 5.45. The van der Waals surface area contributed by atoms with E-state index in [9.17, 15) is 8.42 Å². The minimum absolute atomic E-state index is 0.275. The van der Waals surface area contributed by atoms with Crippen LogP contribution in [0.2, 0.25) is 0 Å². The van der Waals surface area contributed by atoms with Gasteiger partial charge in [-0.15, -0.1) is 0 Å². The molecule has 0 radical (unpaired) electrons. The molecule has 1 aromatic rings. The molecule has 1 atom stereocenters. The van der Waals surface area contributed by atoms with E-state index in [1.807, 2.05) is 11.8 Å². The van der Waals surface area contributed by atoms with Gasteiger partial charge < -0.3 is 5.73 Å². The Morgan fingerprint density at radius 3 is 2.65 bits per heavy atom. The third kappa shape index (κ3) is 3.37. The van der Waals surface area contributed by atoms with E-state index >= 15 is 0 Å². The van der Waals surface area contributed by atoms with Gasteiger partial charge in [0.15, 0.2) is 0 Å². The zero-order valence-corrected chi connectivity index (χ0v) is 11.1. The van der Waals surface area contributed by atoms with Gasteiger partial charge in [-0.3, -0.25) is 0 Å². The first kappa shape index (κ1) is 12.7. The molecule has 1 heterocycles. The summed E-state index contributed by atoms with van der Waals surface area (Å²) in [6, 6.07) is 6.25. The Bertz CT molecular complexity index is 465. The first-order chi connectivity index (χ1) is 8.08. The summed E-state index contributed by atoms with van der Waals surface area (Å²) in [6.07, 6.45) is 1.09. The SMILES string of the molecule is Nc1ccc(S(=O)(=O)NCC2CCSC2)cc1. The molecule has 6 heteroatoms. The molecule has 1 aliphatic heterocycles. The second-order valence-corrected chi connectivity index (χ2v) is 7.07. The summed E-state index contributed by atoms with van der Waals surface area (Å²) < 4.78 is 26.5. The number of nitrogen functional groups attached to an aromatic ring is 1. The quantitative estimate of drug-likeness (QED) is 0.810. The number of nitrogens with one attached hydrogen (secondary N) is 1. The average molecular weight is 272 g/mol. The molecular weight excluding hydrogens is 256 g/mol. The van der Waals surface area contributed by atoms with Crippen LogP contribution in [0.3, 0.4) is 0 Å². The molecular formula is C11H16N2O2S2. The van der Waals surface area contributed by atoms with E-state index in [0.29, 0.717) is 18.2 Å². The number of rotatable bonds is 4. The van der Waals surface area contributed by atoms with Crippen molar-refractivity contribution in [2.45, 2.75) is 11.3 Å². The van der Waals surface area contributed by atoms with Crippen LogP contribution in [0.1, 0.15) is 6.42 Å². The van der Waals surface area contributed by atoms with E-state index in [-0.39, 0.29) is 4.90 Å². The van der Waals surface area contributed by atoms with Crippen LogP contribution in [-0.4, -0.2) is 26.5 Å². The fourth-order valence-corrected chi connectivity index (χ4v) is 4.10. The van der Waals surface area contributed by atoms with Crippen LogP contribution in [0, 0.1) is 5.92 Å². The highest BCUT2D eigenvalue weighted by atomic mass is 32.2. The lowest BCUT2D eigenvalue weighted by Crippen LogP contribution is -2.29. The van der Waals surface area contributed by atoms with Gasteiger partial charge in [-0.05, 0) is 48.1 Å². The Labute approximate surface area is 106 Å². The summed E-state index contributed by atoms with van der Waals surface area (Å²) >= 11 is 1.88. The molecule has 1 fully saturated rings. The Balaban J connectivity index is 2.00. The van der Waals surface area contributed by atoms with Crippen LogP contribution in [0.15, 0.2) is 29.2 Å². The molecule has 94 valence electrons. The molecule has 1 saturated heterocycles. The van der Waals surface area contributed by atoms with Crippen molar-refractivity contribution in [2.75, 3.05) is 23.8 Å².